The van der Waals surface area contributed by atoms with Gasteiger partial charge in [0, 0.05) is 10.5 Å². The average Bonchev–Trinajstić information content (AvgIpc) is 2.45. The zero-order chi connectivity index (χ0) is 19.9. The topological polar surface area (TPSA) is 32.3 Å². The minimum absolute atomic E-state index is 0.0183. The standard InChI is InChI=1S/C23H33NOS/c1-14-10-15(2)21(16(3)11-14)26-24-19-13-17(22(4,5)6)12-18(20(19)25)23(7,8)9/h10-13,24-25H,1-9H3. The van der Waals surface area contributed by atoms with Crippen molar-refractivity contribution < 1.29 is 5.11 Å². The van der Waals surface area contributed by atoms with Gasteiger partial charge in [-0.15, -0.1) is 0 Å². The third kappa shape index (κ3) is 4.56. The Morgan fingerprint density at radius 3 is 1.81 bits per heavy atom. The van der Waals surface area contributed by atoms with Crippen LogP contribution in [-0.2, 0) is 10.8 Å². The Kier molecular flexibility index (Phi) is 5.72. The number of aromatic hydroxyl groups is 1. The molecule has 2 N–H and O–H groups in total. The summed E-state index contributed by atoms with van der Waals surface area (Å²) in [7, 11) is 0. The van der Waals surface area contributed by atoms with Crippen molar-refractivity contribution in [1.29, 1.82) is 0 Å². The van der Waals surface area contributed by atoms with Gasteiger partial charge in [-0.2, -0.15) is 0 Å². The third-order valence-corrected chi connectivity index (χ3v) is 5.82. The molecule has 0 atom stereocenters. The number of nitrogens with one attached hydrogen (secondary N) is 1. The van der Waals surface area contributed by atoms with Gasteiger partial charge in [0.15, 0.2) is 0 Å². The first kappa shape index (κ1) is 20.7. The Hall–Kier alpha value is -1.61. The molecular weight excluding hydrogens is 338 g/mol. The lowest BCUT2D eigenvalue weighted by molar-refractivity contribution is 0.447. The highest BCUT2D eigenvalue weighted by atomic mass is 32.2. The van der Waals surface area contributed by atoms with E-state index >= 15 is 0 Å². The van der Waals surface area contributed by atoms with Crippen molar-refractivity contribution in [2.75, 3.05) is 4.72 Å². The lowest BCUT2D eigenvalue weighted by atomic mass is 9.80. The molecule has 0 bridgehead atoms. The Morgan fingerprint density at radius 2 is 1.35 bits per heavy atom. The number of aryl methyl sites for hydroxylation is 3. The van der Waals surface area contributed by atoms with Gasteiger partial charge in [-0.25, -0.2) is 0 Å². The first-order valence-electron chi connectivity index (χ1n) is 9.19. The minimum atomic E-state index is -0.123. The number of anilines is 1. The Morgan fingerprint density at radius 1 is 0.808 bits per heavy atom. The first-order valence-corrected chi connectivity index (χ1v) is 10.0. The van der Waals surface area contributed by atoms with Crippen LogP contribution in [0.3, 0.4) is 0 Å². The molecular formula is C23H33NOS. The normalized spacial score (nSPS) is 12.3. The van der Waals surface area contributed by atoms with E-state index in [9.17, 15) is 5.11 Å². The lowest BCUT2D eigenvalue weighted by Crippen LogP contribution is -2.17. The maximum Gasteiger partial charge on any atom is 0.143 e. The van der Waals surface area contributed by atoms with E-state index in [4.69, 9.17) is 0 Å². The molecule has 0 aliphatic heterocycles. The van der Waals surface area contributed by atoms with Crippen LogP contribution >= 0.6 is 11.9 Å². The Labute approximate surface area is 163 Å². The maximum atomic E-state index is 10.9. The lowest BCUT2D eigenvalue weighted by Gasteiger charge is -2.27. The van der Waals surface area contributed by atoms with E-state index in [-0.39, 0.29) is 10.8 Å². The van der Waals surface area contributed by atoms with Gasteiger partial charge in [0.1, 0.15) is 5.75 Å². The van der Waals surface area contributed by atoms with Crippen molar-refractivity contribution in [2.24, 2.45) is 0 Å². The van der Waals surface area contributed by atoms with Crippen molar-refractivity contribution >= 4 is 17.6 Å². The first-order chi connectivity index (χ1) is 11.8. The van der Waals surface area contributed by atoms with E-state index in [1.807, 2.05) is 0 Å². The van der Waals surface area contributed by atoms with Crippen molar-refractivity contribution in [3.63, 3.8) is 0 Å². The minimum Gasteiger partial charge on any atom is -0.505 e. The van der Waals surface area contributed by atoms with Crippen LogP contribution < -0.4 is 4.72 Å². The van der Waals surface area contributed by atoms with Gasteiger partial charge in [0.2, 0.25) is 0 Å². The predicted molar refractivity (Wildman–Crippen MR) is 116 cm³/mol. The maximum absolute atomic E-state index is 10.9. The summed E-state index contributed by atoms with van der Waals surface area (Å²) in [5.74, 6) is 0.348. The van der Waals surface area contributed by atoms with Gasteiger partial charge in [-0.3, -0.25) is 0 Å². The SMILES string of the molecule is Cc1cc(C)c(SNc2cc(C(C)(C)C)cc(C(C)(C)C)c2O)c(C)c1. The summed E-state index contributed by atoms with van der Waals surface area (Å²) in [5, 5.41) is 10.9. The van der Waals surface area contributed by atoms with Crippen LogP contribution in [0.25, 0.3) is 0 Å². The molecule has 2 nitrogen and oxygen atoms in total. The molecule has 26 heavy (non-hydrogen) atoms. The monoisotopic (exact) mass is 371 g/mol. The molecule has 142 valence electrons. The molecule has 2 rings (SSSR count). The number of hydrogen-bond donors (Lipinski definition) is 2. The number of phenols is 1. The summed E-state index contributed by atoms with van der Waals surface area (Å²) in [6.07, 6.45) is 0. The summed E-state index contributed by atoms with van der Waals surface area (Å²) in [6.45, 7) is 19.4. The molecule has 0 aliphatic rings. The fourth-order valence-corrected chi connectivity index (χ4v) is 3.96. The zero-order valence-corrected chi connectivity index (χ0v) is 18.5. The zero-order valence-electron chi connectivity index (χ0n) is 17.7. The summed E-state index contributed by atoms with van der Waals surface area (Å²) in [6, 6.07) is 8.62. The summed E-state index contributed by atoms with van der Waals surface area (Å²) < 4.78 is 3.42. The number of hydrogen-bond acceptors (Lipinski definition) is 3. The second-order valence-electron chi connectivity index (χ2n) is 9.35. The fraction of sp³-hybridized carbons (Fsp3) is 0.478. The highest BCUT2D eigenvalue weighted by molar-refractivity contribution is 8.00. The average molecular weight is 372 g/mol. The van der Waals surface area contributed by atoms with Crippen LogP contribution in [0.2, 0.25) is 0 Å². The van der Waals surface area contributed by atoms with Crippen LogP contribution in [0.15, 0.2) is 29.2 Å². The molecule has 0 saturated heterocycles. The highest BCUT2D eigenvalue weighted by Crippen LogP contribution is 2.42. The summed E-state index contributed by atoms with van der Waals surface area (Å²) in [4.78, 5) is 1.22. The highest BCUT2D eigenvalue weighted by Gasteiger charge is 2.25. The van der Waals surface area contributed by atoms with Crippen molar-refractivity contribution in [3.05, 3.63) is 52.1 Å². The smallest absolute Gasteiger partial charge is 0.143 e. The Bertz CT molecular complexity index is 787. The second kappa shape index (κ2) is 7.19. The molecule has 3 heteroatoms. The third-order valence-electron chi connectivity index (χ3n) is 4.65. The van der Waals surface area contributed by atoms with E-state index in [1.165, 1.54) is 27.1 Å². The van der Waals surface area contributed by atoms with Crippen LogP contribution in [0.4, 0.5) is 5.69 Å². The van der Waals surface area contributed by atoms with E-state index in [0.29, 0.717) is 5.75 Å². The van der Waals surface area contributed by atoms with Gasteiger partial charge in [-0.1, -0.05) is 65.3 Å². The van der Waals surface area contributed by atoms with Gasteiger partial charge in [0.05, 0.1) is 5.69 Å². The molecule has 0 saturated carbocycles. The van der Waals surface area contributed by atoms with Gasteiger partial charge in [0.25, 0.3) is 0 Å². The van der Waals surface area contributed by atoms with Crippen LogP contribution in [0, 0.1) is 20.8 Å². The van der Waals surface area contributed by atoms with Crippen LogP contribution in [0.5, 0.6) is 5.75 Å². The molecule has 0 aromatic heterocycles. The predicted octanol–water partition coefficient (Wildman–Crippen LogP) is 7.03. The number of rotatable bonds is 3. The number of benzene rings is 2. The van der Waals surface area contributed by atoms with Crippen molar-refractivity contribution in [3.8, 4) is 5.75 Å². The second-order valence-corrected chi connectivity index (χ2v) is 10.2. The molecule has 2 aromatic carbocycles. The summed E-state index contributed by atoms with van der Waals surface area (Å²) in [5.41, 5.74) is 6.66. The van der Waals surface area contributed by atoms with Crippen LogP contribution in [0.1, 0.15) is 69.4 Å². The van der Waals surface area contributed by atoms with Crippen LogP contribution in [-0.4, -0.2) is 5.11 Å². The summed E-state index contributed by atoms with van der Waals surface area (Å²) >= 11 is 1.58. The van der Waals surface area contributed by atoms with Gasteiger partial charge >= 0.3 is 0 Å². The fourth-order valence-electron chi connectivity index (χ4n) is 3.15. The van der Waals surface area contributed by atoms with E-state index < -0.39 is 0 Å². The Balaban J connectivity index is 2.46. The van der Waals surface area contributed by atoms with Crippen molar-refractivity contribution in [2.45, 2.75) is 78.0 Å². The van der Waals surface area contributed by atoms with Gasteiger partial charge in [-0.05, 0) is 66.3 Å². The largest absolute Gasteiger partial charge is 0.505 e. The van der Waals surface area contributed by atoms with Gasteiger partial charge < -0.3 is 9.83 Å². The molecule has 0 unspecified atom stereocenters. The van der Waals surface area contributed by atoms with E-state index in [0.717, 1.165) is 11.3 Å². The van der Waals surface area contributed by atoms with E-state index in [2.05, 4.69) is 91.3 Å². The number of phenolic OH excluding ortho intramolecular Hbond substituents is 1. The molecule has 0 amide bonds. The molecule has 0 radical (unpaired) electrons. The molecule has 0 fully saturated rings. The molecule has 2 aromatic rings. The van der Waals surface area contributed by atoms with Crippen molar-refractivity contribution in [1.82, 2.24) is 0 Å². The quantitative estimate of drug-likeness (QED) is 0.448. The molecule has 0 spiro atoms. The molecule has 0 heterocycles. The molecule has 0 aliphatic carbocycles. The van der Waals surface area contributed by atoms with E-state index in [1.54, 1.807) is 11.9 Å².